The van der Waals surface area contributed by atoms with E-state index >= 15 is 0 Å². The molecule has 0 aromatic heterocycles. The van der Waals surface area contributed by atoms with Gasteiger partial charge in [0, 0.05) is 13.6 Å². The van der Waals surface area contributed by atoms with Crippen LogP contribution in [-0.4, -0.2) is 71.9 Å². The first kappa shape index (κ1) is 16.7. The van der Waals surface area contributed by atoms with Crippen LogP contribution < -0.4 is 5.32 Å². The molecule has 0 aliphatic carbocycles. The quantitative estimate of drug-likeness (QED) is 0.269. The molecule has 0 saturated carbocycles. The van der Waals surface area contributed by atoms with Gasteiger partial charge < -0.3 is 25.4 Å². The van der Waals surface area contributed by atoms with E-state index in [9.17, 15) is 5.11 Å². The van der Waals surface area contributed by atoms with Crippen LogP contribution in [0.4, 0.5) is 0 Å². The van der Waals surface area contributed by atoms with Gasteiger partial charge >= 0.3 is 0 Å². The van der Waals surface area contributed by atoms with E-state index in [1.165, 1.54) is 18.7 Å². The molecule has 4 N–H and O–H groups in total. The minimum absolute atomic E-state index is 0.314. The molecule has 0 aliphatic rings. The molecule has 102 valence electrons. The van der Waals surface area contributed by atoms with Gasteiger partial charge in [-0.3, -0.25) is 4.99 Å². The average Bonchev–Trinajstić information content (AvgIpc) is 2.33. The second-order valence-electron chi connectivity index (χ2n) is 3.48. The summed E-state index contributed by atoms with van der Waals surface area (Å²) >= 11 is 1.49. The van der Waals surface area contributed by atoms with Crippen LogP contribution >= 0.6 is 11.8 Å². The summed E-state index contributed by atoms with van der Waals surface area (Å²) in [4.78, 5) is 3.98. The molecule has 17 heavy (non-hydrogen) atoms. The molecule has 0 heterocycles. The number of aliphatic hydroxyl groups excluding tert-OH is 3. The van der Waals surface area contributed by atoms with Gasteiger partial charge in [-0.2, -0.15) is 0 Å². The molecule has 0 amide bonds. The number of hydrogen-bond acceptors (Lipinski definition) is 6. The standard InChI is InChI=1S/C10H22N2O4S/c1-7(14)9(15)8(6-13)16-5-4-12-10(11-2)17-3/h7-9,13-15H,4-6H2,1-3H3,(H,11,12)/t7-,8-,9+/m1/s1. The Kier molecular flexibility index (Phi) is 9.47. The predicted octanol–water partition coefficient (Wildman–Crippen LogP) is -0.956. The van der Waals surface area contributed by atoms with Crippen molar-refractivity contribution < 1.29 is 20.1 Å². The molecular weight excluding hydrogens is 244 g/mol. The third kappa shape index (κ3) is 6.85. The van der Waals surface area contributed by atoms with Crippen molar-refractivity contribution in [3.63, 3.8) is 0 Å². The zero-order valence-electron chi connectivity index (χ0n) is 10.5. The summed E-state index contributed by atoms with van der Waals surface area (Å²) in [7, 11) is 1.69. The van der Waals surface area contributed by atoms with Crippen LogP contribution in [0, 0.1) is 0 Å². The molecule has 0 fully saturated rings. The molecule has 0 bridgehead atoms. The normalized spacial score (nSPS) is 17.6. The van der Waals surface area contributed by atoms with Crippen LogP contribution in [0.5, 0.6) is 0 Å². The fourth-order valence-electron chi connectivity index (χ4n) is 1.18. The largest absolute Gasteiger partial charge is 0.394 e. The highest BCUT2D eigenvalue weighted by molar-refractivity contribution is 8.13. The summed E-state index contributed by atoms with van der Waals surface area (Å²) in [6.45, 7) is 1.96. The zero-order chi connectivity index (χ0) is 13.3. The average molecular weight is 266 g/mol. The zero-order valence-corrected chi connectivity index (χ0v) is 11.3. The first-order valence-electron chi connectivity index (χ1n) is 5.40. The topological polar surface area (TPSA) is 94.3 Å². The molecule has 0 spiro atoms. The molecule has 3 atom stereocenters. The number of aliphatic imine (C=N–C) groups is 1. The lowest BCUT2D eigenvalue weighted by Crippen LogP contribution is -2.41. The molecule has 0 radical (unpaired) electrons. The van der Waals surface area contributed by atoms with Gasteiger partial charge in [-0.05, 0) is 13.2 Å². The van der Waals surface area contributed by atoms with E-state index < -0.39 is 18.3 Å². The summed E-state index contributed by atoms with van der Waals surface area (Å²) in [6.07, 6.45) is -0.878. The highest BCUT2D eigenvalue weighted by Gasteiger charge is 2.23. The van der Waals surface area contributed by atoms with Crippen molar-refractivity contribution >= 4 is 16.9 Å². The van der Waals surface area contributed by atoms with Crippen LogP contribution in [0.1, 0.15) is 6.92 Å². The molecule has 6 nitrogen and oxygen atoms in total. The minimum Gasteiger partial charge on any atom is -0.394 e. The van der Waals surface area contributed by atoms with Crippen molar-refractivity contribution in [1.82, 2.24) is 5.32 Å². The van der Waals surface area contributed by atoms with Crippen LogP contribution in [0.3, 0.4) is 0 Å². The lowest BCUT2D eigenvalue weighted by atomic mass is 10.1. The molecular formula is C10H22N2O4S. The fraction of sp³-hybridized carbons (Fsp3) is 0.900. The van der Waals surface area contributed by atoms with E-state index in [4.69, 9.17) is 14.9 Å². The third-order valence-electron chi connectivity index (χ3n) is 2.16. The minimum atomic E-state index is -1.08. The van der Waals surface area contributed by atoms with Crippen LogP contribution in [0.2, 0.25) is 0 Å². The molecule has 0 aliphatic heterocycles. The molecule has 0 rings (SSSR count). The SMILES string of the molecule is CN=C(NCCO[C@H](CO)[C@@H](O)[C@@H](C)O)SC. The second kappa shape index (κ2) is 9.67. The van der Waals surface area contributed by atoms with Crippen molar-refractivity contribution in [2.24, 2.45) is 4.99 Å². The van der Waals surface area contributed by atoms with Gasteiger partial charge in [-0.25, -0.2) is 0 Å². The van der Waals surface area contributed by atoms with Gasteiger partial charge in [0.1, 0.15) is 12.2 Å². The van der Waals surface area contributed by atoms with E-state index in [1.807, 2.05) is 6.26 Å². The Bertz CT molecular complexity index is 226. The number of amidine groups is 1. The Morgan fingerprint density at radius 1 is 1.47 bits per heavy atom. The maximum Gasteiger partial charge on any atom is 0.156 e. The van der Waals surface area contributed by atoms with Crippen molar-refractivity contribution in [3.8, 4) is 0 Å². The van der Waals surface area contributed by atoms with E-state index in [-0.39, 0.29) is 6.61 Å². The Balaban J connectivity index is 3.85. The van der Waals surface area contributed by atoms with E-state index in [2.05, 4.69) is 10.3 Å². The van der Waals surface area contributed by atoms with Crippen LogP contribution in [0.15, 0.2) is 4.99 Å². The van der Waals surface area contributed by atoms with Gasteiger partial charge in [-0.15, -0.1) is 0 Å². The number of nitrogens with zero attached hydrogens (tertiary/aromatic N) is 1. The van der Waals surface area contributed by atoms with E-state index in [1.54, 1.807) is 7.05 Å². The summed E-state index contributed by atoms with van der Waals surface area (Å²) in [6, 6.07) is 0. The number of thioether (sulfide) groups is 1. The third-order valence-corrected chi connectivity index (χ3v) is 2.88. The molecule has 0 aromatic rings. The number of nitrogens with one attached hydrogen (secondary N) is 1. The first-order valence-corrected chi connectivity index (χ1v) is 6.62. The lowest BCUT2D eigenvalue weighted by molar-refractivity contribution is -0.101. The van der Waals surface area contributed by atoms with E-state index in [0.29, 0.717) is 13.2 Å². The van der Waals surface area contributed by atoms with Crippen molar-refractivity contribution in [3.05, 3.63) is 0 Å². The fourth-order valence-corrected chi connectivity index (χ4v) is 1.61. The molecule has 0 aromatic carbocycles. The smallest absolute Gasteiger partial charge is 0.156 e. The predicted molar refractivity (Wildman–Crippen MR) is 69.4 cm³/mol. The highest BCUT2D eigenvalue weighted by Crippen LogP contribution is 2.03. The van der Waals surface area contributed by atoms with Crippen LogP contribution in [0.25, 0.3) is 0 Å². The summed E-state index contributed by atoms with van der Waals surface area (Å²) in [5, 5.41) is 31.5. The summed E-state index contributed by atoms with van der Waals surface area (Å²) in [5.74, 6) is 0. The number of hydrogen-bond donors (Lipinski definition) is 4. The molecule has 0 saturated heterocycles. The summed E-state index contributed by atoms with van der Waals surface area (Å²) < 4.78 is 5.27. The van der Waals surface area contributed by atoms with Gasteiger partial charge in [0.05, 0.1) is 19.3 Å². The van der Waals surface area contributed by atoms with Crippen molar-refractivity contribution in [1.29, 1.82) is 0 Å². The van der Waals surface area contributed by atoms with Gasteiger partial charge in [-0.1, -0.05) is 11.8 Å². The first-order chi connectivity index (χ1) is 8.06. The Morgan fingerprint density at radius 2 is 2.12 bits per heavy atom. The summed E-state index contributed by atoms with van der Waals surface area (Å²) in [5.41, 5.74) is 0. The van der Waals surface area contributed by atoms with E-state index in [0.717, 1.165) is 5.17 Å². The highest BCUT2D eigenvalue weighted by atomic mass is 32.2. The van der Waals surface area contributed by atoms with Crippen LogP contribution in [-0.2, 0) is 4.74 Å². The van der Waals surface area contributed by atoms with Gasteiger partial charge in [0.15, 0.2) is 5.17 Å². The number of aliphatic hydroxyl groups is 3. The maximum absolute atomic E-state index is 9.50. The van der Waals surface area contributed by atoms with Gasteiger partial charge in [0.25, 0.3) is 0 Å². The van der Waals surface area contributed by atoms with Gasteiger partial charge in [0.2, 0.25) is 0 Å². The van der Waals surface area contributed by atoms with Crippen molar-refractivity contribution in [2.75, 3.05) is 33.1 Å². The lowest BCUT2D eigenvalue weighted by Gasteiger charge is -2.23. The molecule has 7 heteroatoms. The monoisotopic (exact) mass is 266 g/mol. The number of ether oxygens (including phenoxy) is 1. The molecule has 0 unspecified atom stereocenters. The Labute approximate surface area is 106 Å². The number of rotatable bonds is 7. The Morgan fingerprint density at radius 3 is 2.53 bits per heavy atom. The maximum atomic E-state index is 9.50. The van der Waals surface area contributed by atoms with Crippen molar-refractivity contribution in [2.45, 2.75) is 25.2 Å². The second-order valence-corrected chi connectivity index (χ2v) is 4.28. The Hall–Kier alpha value is -0.340.